The van der Waals surface area contributed by atoms with Gasteiger partial charge in [-0.3, -0.25) is 14.0 Å². The van der Waals surface area contributed by atoms with Gasteiger partial charge in [0.05, 0.1) is 40.1 Å². The normalized spacial score (nSPS) is 15.6. The SMILES string of the molecule is C=C(N=C(C(NC(C=O)=NCc1ccc(S(C)=O)nc1)=C(C)C)N(C)[C@@H](C)C(F)(F)F)c1c(C)ncnc1C1CC1. The number of alkyl halides is 3. The highest BCUT2D eigenvalue weighted by Crippen LogP contribution is 2.42. The van der Waals surface area contributed by atoms with Gasteiger partial charge < -0.3 is 10.2 Å². The first-order chi connectivity index (χ1) is 19.2. The number of aryl methyl sites for hydroxylation is 1. The Morgan fingerprint density at radius 2 is 1.95 bits per heavy atom. The second-order valence-electron chi connectivity index (χ2n) is 9.98. The molecule has 1 aliphatic carbocycles. The van der Waals surface area contributed by atoms with Crippen molar-refractivity contribution in [2.24, 2.45) is 9.98 Å². The van der Waals surface area contributed by atoms with E-state index in [0.717, 1.165) is 30.4 Å². The lowest BCUT2D eigenvalue weighted by molar-refractivity contribution is -0.166. The van der Waals surface area contributed by atoms with E-state index in [0.29, 0.717) is 33.7 Å². The third kappa shape index (κ3) is 8.15. The third-order valence-electron chi connectivity index (χ3n) is 6.56. The Hall–Kier alpha value is -3.74. The van der Waals surface area contributed by atoms with E-state index in [1.54, 1.807) is 32.9 Å². The summed E-state index contributed by atoms with van der Waals surface area (Å²) in [6.07, 6.45) is 2.30. The van der Waals surface area contributed by atoms with E-state index in [4.69, 9.17) is 0 Å². The lowest BCUT2D eigenvalue weighted by Gasteiger charge is -2.31. The minimum atomic E-state index is -4.56. The number of hydrogen-bond donors (Lipinski definition) is 1. The molecule has 0 radical (unpaired) electrons. The van der Waals surface area contributed by atoms with Crippen LogP contribution >= 0.6 is 0 Å². The molecule has 13 heteroatoms. The molecule has 1 N–H and O–H groups in total. The molecule has 1 saturated carbocycles. The van der Waals surface area contributed by atoms with Crippen LogP contribution in [0, 0.1) is 6.92 Å². The molecular weight excluding hydrogens is 555 g/mol. The molecule has 0 aromatic carbocycles. The summed E-state index contributed by atoms with van der Waals surface area (Å²) in [5.41, 5.74) is 3.59. The van der Waals surface area contributed by atoms with E-state index in [-0.39, 0.29) is 35.5 Å². The molecule has 41 heavy (non-hydrogen) atoms. The van der Waals surface area contributed by atoms with Crippen LogP contribution in [0.15, 0.2) is 57.5 Å². The number of halogens is 3. The molecule has 1 aliphatic rings. The van der Waals surface area contributed by atoms with Crippen LogP contribution in [0.4, 0.5) is 13.2 Å². The Kier molecular flexibility index (Phi) is 10.3. The number of amidine groups is 2. The van der Waals surface area contributed by atoms with Gasteiger partial charge in [-0.2, -0.15) is 13.2 Å². The second-order valence-corrected chi connectivity index (χ2v) is 11.3. The van der Waals surface area contributed by atoms with Gasteiger partial charge in [-0.1, -0.05) is 12.6 Å². The van der Waals surface area contributed by atoms with Crippen LogP contribution in [-0.4, -0.2) is 67.5 Å². The molecule has 0 amide bonds. The van der Waals surface area contributed by atoms with E-state index in [1.807, 2.05) is 0 Å². The van der Waals surface area contributed by atoms with E-state index in [1.165, 1.54) is 25.8 Å². The molecule has 2 aromatic heterocycles. The first kappa shape index (κ1) is 31.8. The summed E-state index contributed by atoms with van der Waals surface area (Å²) in [5.74, 6) is 0.0362. The molecule has 9 nitrogen and oxygen atoms in total. The van der Waals surface area contributed by atoms with Gasteiger partial charge in [-0.25, -0.2) is 19.9 Å². The van der Waals surface area contributed by atoms with Crippen LogP contribution in [-0.2, 0) is 22.1 Å². The van der Waals surface area contributed by atoms with Gasteiger partial charge in [-0.05, 0) is 57.7 Å². The zero-order chi connectivity index (χ0) is 30.5. The Bertz CT molecular complexity index is 1410. The number of carbonyl (C=O) groups is 1. The maximum atomic E-state index is 13.9. The van der Waals surface area contributed by atoms with Crippen LogP contribution in [0.5, 0.6) is 0 Å². The van der Waals surface area contributed by atoms with Gasteiger partial charge in [-0.15, -0.1) is 0 Å². The Morgan fingerprint density at radius 1 is 1.27 bits per heavy atom. The van der Waals surface area contributed by atoms with E-state index in [9.17, 15) is 22.2 Å². The summed E-state index contributed by atoms with van der Waals surface area (Å²) in [6, 6.07) is 1.38. The lowest BCUT2D eigenvalue weighted by atomic mass is 10.1. The number of nitrogens with zero attached hydrogens (tertiary/aromatic N) is 6. The number of nitrogens with one attached hydrogen (secondary N) is 1. The Labute approximate surface area is 240 Å². The van der Waals surface area contributed by atoms with Gasteiger partial charge >= 0.3 is 6.18 Å². The number of hydrogen-bond acceptors (Lipinski definition) is 7. The van der Waals surface area contributed by atoms with Gasteiger partial charge in [0.25, 0.3) is 0 Å². The minimum Gasteiger partial charge on any atom is -0.346 e. The predicted molar refractivity (Wildman–Crippen MR) is 154 cm³/mol. The van der Waals surface area contributed by atoms with Crippen LogP contribution in [0.1, 0.15) is 62.0 Å². The number of allylic oxidation sites excluding steroid dienone is 1. The summed E-state index contributed by atoms with van der Waals surface area (Å²) in [5, 5.41) is 3.30. The predicted octanol–water partition coefficient (Wildman–Crippen LogP) is 4.73. The molecule has 3 rings (SSSR count). The van der Waals surface area contributed by atoms with Crippen molar-refractivity contribution >= 4 is 34.5 Å². The summed E-state index contributed by atoms with van der Waals surface area (Å²) in [7, 11) is 0.0446. The molecule has 0 saturated heterocycles. The van der Waals surface area contributed by atoms with E-state index in [2.05, 4.69) is 36.8 Å². The first-order valence-corrected chi connectivity index (χ1v) is 14.4. The number of rotatable bonds is 10. The highest BCUT2D eigenvalue weighted by Gasteiger charge is 2.41. The fourth-order valence-corrected chi connectivity index (χ4v) is 4.36. The Morgan fingerprint density at radius 3 is 2.46 bits per heavy atom. The van der Waals surface area contributed by atoms with Crippen molar-refractivity contribution in [2.75, 3.05) is 13.3 Å². The summed E-state index contributed by atoms with van der Waals surface area (Å²) < 4.78 is 53.2. The van der Waals surface area contributed by atoms with Crippen molar-refractivity contribution < 1.29 is 22.2 Å². The minimum absolute atomic E-state index is 0.0556. The molecule has 1 fully saturated rings. The smallest absolute Gasteiger partial charge is 0.346 e. The number of carbonyl (C=O) groups excluding carboxylic acids is 1. The number of aliphatic imine (C=N–C) groups is 2. The van der Waals surface area contributed by atoms with Crippen molar-refractivity contribution in [3.05, 3.63) is 65.0 Å². The van der Waals surface area contributed by atoms with E-state index < -0.39 is 23.0 Å². The fourth-order valence-electron chi connectivity index (χ4n) is 3.90. The molecule has 0 bridgehead atoms. The molecular formula is C28H34F3N7O2S. The highest BCUT2D eigenvalue weighted by atomic mass is 32.2. The van der Waals surface area contributed by atoms with Gasteiger partial charge in [0.15, 0.2) is 18.0 Å². The van der Waals surface area contributed by atoms with Crippen LogP contribution < -0.4 is 5.32 Å². The molecule has 2 aromatic rings. The topological polar surface area (TPSA) is 113 Å². The number of aldehydes is 1. The quantitative estimate of drug-likeness (QED) is 0.242. The fraction of sp³-hybridized carbons (Fsp3) is 0.429. The van der Waals surface area contributed by atoms with Crippen molar-refractivity contribution in [3.63, 3.8) is 0 Å². The van der Waals surface area contributed by atoms with Gasteiger partial charge in [0.1, 0.15) is 17.4 Å². The summed E-state index contributed by atoms with van der Waals surface area (Å²) in [4.78, 5) is 34.7. The molecule has 2 atom stereocenters. The average molecular weight is 590 g/mol. The lowest BCUT2D eigenvalue weighted by Crippen LogP contribution is -2.47. The molecule has 2 heterocycles. The summed E-state index contributed by atoms with van der Waals surface area (Å²) in [6.45, 7) is 10.3. The average Bonchev–Trinajstić information content (AvgIpc) is 3.76. The number of aromatic nitrogens is 3. The standard InChI is InChI=1S/C28H34F3N7O2S/c1-16(2)25(37-22(14-39)32-12-20-8-11-23(33-13-20)41(7)40)27(38(6)19(5)28(29,30)31)36-18(4)24-17(3)34-15-35-26(24)21-9-10-21/h8,11,13-15,19,21H,4,9-10,12H2,1-3,5-7H3,(H,32,37)/t19-,41?/m0/s1. The molecule has 220 valence electrons. The zero-order valence-electron chi connectivity index (χ0n) is 23.9. The first-order valence-electron chi connectivity index (χ1n) is 12.9. The van der Waals surface area contributed by atoms with Crippen molar-refractivity contribution in [1.29, 1.82) is 0 Å². The van der Waals surface area contributed by atoms with Crippen LogP contribution in [0.3, 0.4) is 0 Å². The zero-order valence-corrected chi connectivity index (χ0v) is 24.7. The monoisotopic (exact) mass is 589 g/mol. The van der Waals surface area contributed by atoms with Crippen molar-refractivity contribution in [1.82, 2.24) is 25.2 Å². The summed E-state index contributed by atoms with van der Waals surface area (Å²) >= 11 is 0. The molecule has 0 spiro atoms. The second kappa shape index (κ2) is 13.3. The Balaban J connectivity index is 2.03. The molecule has 1 unspecified atom stereocenters. The van der Waals surface area contributed by atoms with Crippen LogP contribution in [0.2, 0.25) is 0 Å². The molecule has 0 aliphatic heterocycles. The van der Waals surface area contributed by atoms with Crippen molar-refractivity contribution in [2.45, 2.75) is 70.2 Å². The van der Waals surface area contributed by atoms with E-state index >= 15 is 0 Å². The van der Waals surface area contributed by atoms with Crippen LogP contribution in [0.25, 0.3) is 5.70 Å². The number of likely N-dealkylation sites (N-methyl/N-ethyl adjacent to an activating group) is 1. The van der Waals surface area contributed by atoms with Crippen molar-refractivity contribution in [3.8, 4) is 0 Å². The third-order valence-corrected chi connectivity index (χ3v) is 7.39. The van der Waals surface area contributed by atoms with Gasteiger partial charge in [0.2, 0.25) is 0 Å². The maximum absolute atomic E-state index is 13.9. The largest absolute Gasteiger partial charge is 0.408 e. The highest BCUT2D eigenvalue weighted by molar-refractivity contribution is 7.84. The van der Waals surface area contributed by atoms with Gasteiger partial charge in [0, 0.05) is 31.0 Å². The number of pyridine rings is 1. The maximum Gasteiger partial charge on any atom is 0.408 e.